The monoisotopic (exact) mass is 418 g/mol. The number of halogens is 2. The highest BCUT2D eigenvalue weighted by molar-refractivity contribution is 7.89. The van der Waals surface area contributed by atoms with Crippen LogP contribution >= 0.6 is 34.5 Å². The van der Waals surface area contributed by atoms with Crippen LogP contribution in [0.1, 0.15) is 16.1 Å². The molecular weight excluding hydrogens is 403 g/mol. The number of sulfonamides is 1. The lowest BCUT2D eigenvalue weighted by molar-refractivity contribution is 0.0956. The van der Waals surface area contributed by atoms with Gasteiger partial charge in [0.1, 0.15) is 0 Å². The number of carbonyl (C=O) groups excluding carboxylic acids is 1. The third-order valence-electron chi connectivity index (χ3n) is 3.83. The van der Waals surface area contributed by atoms with Crippen LogP contribution < -0.4 is 5.32 Å². The van der Waals surface area contributed by atoms with E-state index < -0.39 is 10.0 Å². The molecule has 0 radical (unpaired) electrons. The Morgan fingerprint density at radius 1 is 1.20 bits per heavy atom. The lowest BCUT2D eigenvalue weighted by Gasteiger charge is -2.14. The molecule has 0 atom stereocenters. The van der Waals surface area contributed by atoms with Gasteiger partial charge in [-0.3, -0.25) is 4.79 Å². The van der Waals surface area contributed by atoms with Crippen LogP contribution in [0.15, 0.2) is 30.3 Å². The van der Waals surface area contributed by atoms with Crippen LogP contribution in [0.25, 0.3) is 10.4 Å². The topological polar surface area (TPSA) is 66.5 Å². The van der Waals surface area contributed by atoms with Gasteiger partial charge in [-0.15, -0.1) is 11.3 Å². The molecule has 25 heavy (non-hydrogen) atoms. The van der Waals surface area contributed by atoms with Gasteiger partial charge in [-0.05, 0) is 42.3 Å². The van der Waals surface area contributed by atoms with E-state index in [1.54, 1.807) is 24.3 Å². The van der Waals surface area contributed by atoms with Gasteiger partial charge in [0.2, 0.25) is 10.0 Å². The second-order valence-corrected chi connectivity index (χ2v) is 9.69. The van der Waals surface area contributed by atoms with E-state index in [1.165, 1.54) is 15.6 Å². The molecule has 1 fully saturated rings. The number of hydrogen-bond acceptors (Lipinski definition) is 4. The van der Waals surface area contributed by atoms with Crippen molar-refractivity contribution in [1.29, 1.82) is 0 Å². The minimum absolute atomic E-state index is 0.192. The smallest absolute Gasteiger partial charge is 0.261 e. The number of nitrogens with one attached hydrogen (secondary N) is 1. The van der Waals surface area contributed by atoms with Crippen molar-refractivity contribution in [3.05, 3.63) is 45.3 Å². The molecule has 134 valence electrons. The first-order chi connectivity index (χ1) is 11.8. The molecule has 0 spiro atoms. The molecule has 2 heterocycles. The number of benzene rings is 1. The fraction of sp³-hybridized carbons (Fsp3) is 0.312. The van der Waals surface area contributed by atoms with Gasteiger partial charge < -0.3 is 5.32 Å². The fourth-order valence-electron chi connectivity index (χ4n) is 2.63. The van der Waals surface area contributed by atoms with Gasteiger partial charge >= 0.3 is 0 Å². The van der Waals surface area contributed by atoms with Crippen molar-refractivity contribution in [2.24, 2.45) is 0 Å². The minimum atomic E-state index is -3.13. The number of thiophene rings is 1. The third-order valence-corrected chi connectivity index (χ3v) is 7.35. The molecule has 1 amide bonds. The van der Waals surface area contributed by atoms with Gasteiger partial charge in [0.05, 0.1) is 10.6 Å². The Hall–Kier alpha value is -1.12. The van der Waals surface area contributed by atoms with E-state index in [0.29, 0.717) is 34.4 Å². The van der Waals surface area contributed by atoms with Crippen LogP contribution in [0.5, 0.6) is 0 Å². The Morgan fingerprint density at radius 2 is 1.92 bits per heavy atom. The van der Waals surface area contributed by atoms with Crippen LogP contribution in [0, 0.1) is 0 Å². The number of nitrogens with zero attached hydrogens (tertiary/aromatic N) is 1. The molecule has 1 aliphatic rings. The highest BCUT2D eigenvalue weighted by Gasteiger charge is 2.27. The molecule has 3 rings (SSSR count). The van der Waals surface area contributed by atoms with Crippen LogP contribution in [-0.2, 0) is 10.0 Å². The number of rotatable bonds is 5. The first-order valence-corrected chi connectivity index (χ1v) is 10.9. The zero-order valence-corrected chi connectivity index (χ0v) is 16.3. The summed E-state index contributed by atoms with van der Waals surface area (Å²) < 4.78 is 24.9. The molecule has 1 aromatic carbocycles. The molecule has 0 unspecified atom stereocenters. The van der Waals surface area contributed by atoms with Crippen molar-refractivity contribution in [1.82, 2.24) is 9.62 Å². The van der Waals surface area contributed by atoms with Crippen molar-refractivity contribution in [2.45, 2.75) is 6.42 Å². The summed E-state index contributed by atoms with van der Waals surface area (Å²) in [5.74, 6) is -0.0294. The van der Waals surface area contributed by atoms with E-state index in [2.05, 4.69) is 5.32 Å². The first-order valence-electron chi connectivity index (χ1n) is 7.67. The van der Waals surface area contributed by atoms with Crippen molar-refractivity contribution in [2.75, 3.05) is 25.4 Å². The summed E-state index contributed by atoms with van der Waals surface area (Å²) in [6.07, 6.45) is 0.646. The second kappa shape index (κ2) is 7.63. The van der Waals surface area contributed by atoms with Crippen LogP contribution in [0.3, 0.4) is 0 Å². The summed E-state index contributed by atoms with van der Waals surface area (Å²) in [6, 6.07) is 8.81. The number of hydrogen-bond donors (Lipinski definition) is 1. The zero-order chi connectivity index (χ0) is 18.0. The molecule has 1 N–H and O–H groups in total. The van der Waals surface area contributed by atoms with Crippen LogP contribution in [-0.4, -0.2) is 44.0 Å². The standard InChI is InChI=1S/C16H16Cl2N2O3S2/c17-12-8-11(9-13(18)10-12)14-2-3-15(24-14)16(21)19-4-6-20-5-1-7-25(20,22)23/h2-3,8-10H,1,4-7H2,(H,19,21). The van der Waals surface area contributed by atoms with E-state index in [-0.39, 0.29) is 18.2 Å². The van der Waals surface area contributed by atoms with E-state index in [0.717, 1.165) is 10.4 Å². The summed E-state index contributed by atoms with van der Waals surface area (Å²) in [5, 5.41) is 3.84. The summed E-state index contributed by atoms with van der Waals surface area (Å²) in [7, 11) is -3.13. The van der Waals surface area contributed by atoms with Gasteiger partial charge in [0.25, 0.3) is 5.91 Å². The van der Waals surface area contributed by atoms with E-state index in [9.17, 15) is 13.2 Å². The highest BCUT2D eigenvalue weighted by atomic mass is 35.5. The van der Waals surface area contributed by atoms with Crippen LogP contribution in [0.2, 0.25) is 10.0 Å². The Balaban J connectivity index is 1.61. The Labute approximate surface area is 160 Å². The zero-order valence-electron chi connectivity index (χ0n) is 13.2. The Kier molecular flexibility index (Phi) is 5.70. The summed E-state index contributed by atoms with van der Waals surface area (Å²) >= 11 is 13.4. The molecule has 0 saturated carbocycles. The van der Waals surface area contributed by atoms with Gasteiger partial charge in [0, 0.05) is 34.6 Å². The minimum Gasteiger partial charge on any atom is -0.350 e. The maximum absolute atomic E-state index is 12.2. The van der Waals surface area contributed by atoms with Gasteiger partial charge in [-0.1, -0.05) is 23.2 Å². The fourth-order valence-corrected chi connectivity index (χ4v) is 5.60. The Morgan fingerprint density at radius 3 is 2.56 bits per heavy atom. The van der Waals surface area contributed by atoms with Crippen molar-refractivity contribution >= 4 is 50.5 Å². The molecule has 1 aromatic heterocycles. The first kappa shape index (κ1) is 18.7. The molecule has 9 heteroatoms. The second-order valence-electron chi connectivity index (χ2n) is 5.65. The van der Waals surface area contributed by atoms with Gasteiger partial charge in [-0.2, -0.15) is 0 Å². The van der Waals surface area contributed by atoms with Crippen LogP contribution in [0.4, 0.5) is 0 Å². The van der Waals surface area contributed by atoms with Gasteiger partial charge in [-0.25, -0.2) is 12.7 Å². The average molecular weight is 419 g/mol. The molecule has 0 aliphatic carbocycles. The van der Waals surface area contributed by atoms with Crippen molar-refractivity contribution in [3.63, 3.8) is 0 Å². The number of carbonyl (C=O) groups is 1. The summed E-state index contributed by atoms with van der Waals surface area (Å²) in [6.45, 7) is 1.11. The summed E-state index contributed by atoms with van der Waals surface area (Å²) in [4.78, 5) is 13.7. The van der Waals surface area contributed by atoms with E-state index >= 15 is 0 Å². The Bertz CT molecular complexity index is 876. The lowest BCUT2D eigenvalue weighted by Crippen LogP contribution is -2.35. The molecule has 1 aliphatic heterocycles. The average Bonchev–Trinajstić information content (AvgIpc) is 3.13. The molecule has 1 saturated heterocycles. The quantitative estimate of drug-likeness (QED) is 0.807. The largest absolute Gasteiger partial charge is 0.350 e. The highest BCUT2D eigenvalue weighted by Crippen LogP contribution is 2.32. The SMILES string of the molecule is O=C(NCCN1CCCS1(=O)=O)c1ccc(-c2cc(Cl)cc(Cl)c2)s1. The van der Waals surface area contributed by atoms with Crippen molar-refractivity contribution < 1.29 is 13.2 Å². The summed E-state index contributed by atoms with van der Waals surface area (Å²) in [5.41, 5.74) is 0.852. The predicted octanol–water partition coefficient (Wildman–Crippen LogP) is 3.49. The molecule has 0 bridgehead atoms. The normalized spacial score (nSPS) is 16.9. The third kappa shape index (κ3) is 4.54. The lowest BCUT2D eigenvalue weighted by atomic mass is 10.2. The maximum Gasteiger partial charge on any atom is 0.261 e. The molecule has 2 aromatic rings. The predicted molar refractivity (Wildman–Crippen MR) is 102 cm³/mol. The van der Waals surface area contributed by atoms with E-state index in [4.69, 9.17) is 23.2 Å². The van der Waals surface area contributed by atoms with E-state index in [1.807, 2.05) is 6.07 Å². The number of amides is 1. The molecular formula is C16H16Cl2N2O3S2. The van der Waals surface area contributed by atoms with Crippen molar-refractivity contribution in [3.8, 4) is 10.4 Å². The molecule has 5 nitrogen and oxygen atoms in total. The van der Waals surface area contributed by atoms with Gasteiger partial charge in [0.15, 0.2) is 0 Å². The maximum atomic E-state index is 12.2.